The number of nitro groups is 1. The Bertz CT molecular complexity index is 1210. The topological polar surface area (TPSA) is 118 Å². The number of amides is 1. The highest BCUT2D eigenvalue weighted by Gasteiger charge is 2.17. The third kappa shape index (κ3) is 4.75. The van der Waals surface area contributed by atoms with Crippen molar-refractivity contribution in [3.63, 3.8) is 0 Å². The first-order chi connectivity index (χ1) is 14.2. The summed E-state index contributed by atoms with van der Waals surface area (Å²) >= 11 is 0. The Morgan fingerprint density at radius 1 is 0.900 bits per heavy atom. The van der Waals surface area contributed by atoms with Crippen LogP contribution in [0, 0.1) is 21.7 Å². The van der Waals surface area contributed by atoms with Crippen LogP contribution in [0.3, 0.4) is 0 Å². The van der Waals surface area contributed by atoms with Gasteiger partial charge in [-0.25, -0.2) is 12.8 Å². The second-order valence-corrected chi connectivity index (χ2v) is 7.70. The van der Waals surface area contributed by atoms with Crippen LogP contribution in [0.25, 0.3) is 0 Å². The van der Waals surface area contributed by atoms with Gasteiger partial charge < -0.3 is 5.32 Å². The van der Waals surface area contributed by atoms with Gasteiger partial charge in [0.25, 0.3) is 15.9 Å². The van der Waals surface area contributed by atoms with E-state index in [9.17, 15) is 32.1 Å². The van der Waals surface area contributed by atoms with Crippen molar-refractivity contribution in [1.29, 1.82) is 0 Å². The normalized spacial score (nSPS) is 11.0. The number of nitro benzene ring substituents is 1. The lowest BCUT2D eigenvalue weighted by atomic mass is 10.2. The second-order valence-electron chi connectivity index (χ2n) is 6.01. The SMILES string of the molecule is O=C(Nc1ccc(F)c([N+](=O)[O-])c1)c1ccc(S(=O)(=O)Nc2ccc(F)cc2)cc1. The van der Waals surface area contributed by atoms with Gasteiger partial charge in [-0.1, -0.05) is 0 Å². The fourth-order valence-corrected chi connectivity index (χ4v) is 3.51. The van der Waals surface area contributed by atoms with Gasteiger partial charge >= 0.3 is 5.69 Å². The van der Waals surface area contributed by atoms with Crippen molar-refractivity contribution < 1.29 is 26.9 Å². The first-order valence-electron chi connectivity index (χ1n) is 8.29. The third-order valence-corrected chi connectivity index (χ3v) is 5.32. The molecule has 0 aliphatic rings. The van der Waals surface area contributed by atoms with Gasteiger partial charge in [0.15, 0.2) is 0 Å². The average Bonchev–Trinajstić information content (AvgIpc) is 2.71. The summed E-state index contributed by atoms with van der Waals surface area (Å²) in [5, 5.41) is 13.2. The van der Waals surface area contributed by atoms with Gasteiger partial charge in [-0.2, -0.15) is 4.39 Å². The lowest BCUT2D eigenvalue weighted by molar-refractivity contribution is -0.387. The quantitative estimate of drug-likeness (QED) is 0.451. The molecule has 154 valence electrons. The average molecular weight is 433 g/mol. The summed E-state index contributed by atoms with van der Waals surface area (Å²) in [7, 11) is -3.97. The highest BCUT2D eigenvalue weighted by atomic mass is 32.2. The fourth-order valence-electron chi connectivity index (χ4n) is 2.45. The van der Waals surface area contributed by atoms with Crippen LogP contribution in [-0.4, -0.2) is 19.2 Å². The van der Waals surface area contributed by atoms with Crippen LogP contribution in [0.1, 0.15) is 10.4 Å². The molecule has 0 heterocycles. The smallest absolute Gasteiger partial charge is 0.306 e. The van der Waals surface area contributed by atoms with Gasteiger partial charge in [-0.15, -0.1) is 0 Å². The van der Waals surface area contributed by atoms with Gasteiger partial charge in [0.2, 0.25) is 5.82 Å². The Labute approximate surface area is 169 Å². The molecule has 2 N–H and O–H groups in total. The Hall–Kier alpha value is -3.86. The van der Waals surface area contributed by atoms with Gasteiger partial charge in [0, 0.05) is 23.0 Å². The van der Waals surface area contributed by atoms with E-state index in [4.69, 9.17) is 0 Å². The highest BCUT2D eigenvalue weighted by molar-refractivity contribution is 7.92. The minimum atomic E-state index is -3.97. The van der Waals surface area contributed by atoms with Crippen molar-refractivity contribution in [2.24, 2.45) is 0 Å². The molecule has 3 aromatic carbocycles. The molecule has 30 heavy (non-hydrogen) atoms. The Kier molecular flexibility index (Phi) is 5.74. The molecule has 0 spiro atoms. The number of rotatable bonds is 6. The minimum Gasteiger partial charge on any atom is -0.322 e. The lowest BCUT2D eigenvalue weighted by Crippen LogP contribution is -2.15. The minimum absolute atomic E-state index is 0.00257. The largest absolute Gasteiger partial charge is 0.322 e. The number of carbonyl (C=O) groups is 1. The number of sulfonamides is 1. The molecular weight excluding hydrogens is 420 g/mol. The van der Waals surface area contributed by atoms with E-state index >= 15 is 0 Å². The van der Waals surface area contributed by atoms with Crippen molar-refractivity contribution in [2.45, 2.75) is 4.90 Å². The van der Waals surface area contributed by atoms with Gasteiger partial charge in [0.1, 0.15) is 5.82 Å². The number of halogens is 2. The van der Waals surface area contributed by atoms with Crippen LogP contribution in [-0.2, 0) is 10.0 Å². The van der Waals surface area contributed by atoms with E-state index in [1.54, 1.807) is 0 Å². The lowest BCUT2D eigenvalue weighted by Gasteiger charge is -2.09. The molecule has 0 saturated carbocycles. The van der Waals surface area contributed by atoms with Crippen molar-refractivity contribution in [3.8, 4) is 0 Å². The second kappa shape index (κ2) is 8.25. The van der Waals surface area contributed by atoms with E-state index < -0.39 is 38.2 Å². The third-order valence-electron chi connectivity index (χ3n) is 3.92. The molecule has 0 aliphatic carbocycles. The fraction of sp³-hybridized carbons (Fsp3) is 0. The predicted molar refractivity (Wildman–Crippen MR) is 105 cm³/mol. The first-order valence-corrected chi connectivity index (χ1v) is 9.78. The van der Waals surface area contributed by atoms with E-state index in [0.717, 1.165) is 30.3 Å². The van der Waals surface area contributed by atoms with E-state index in [-0.39, 0.29) is 21.8 Å². The number of anilines is 2. The van der Waals surface area contributed by atoms with Crippen LogP contribution < -0.4 is 10.0 Å². The maximum Gasteiger partial charge on any atom is 0.306 e. The highest BCUT2D eigenvalue weighted by Crippen LogP contribution is 2.22. The predicted octanol–water partition coefficient (Wildman–Crippen LogP) is 3.93. The van der Waals surface area contributed by atoms with Crippen molar-refractivity contribution in [3.05, 3.63) is 94.0 Å². The molecular formula is C19H13F2N3O5S. The molecule has 3 rings (SSSR count). The van der Waals surface area contributed by atoms with E-state index in [1.165, 1.54) is 36.4 Å². The van der Waals surface area contributed by atoms with E-state index in [0.29, 0.717) is 0 Å². The van der Waals surface area contributed by atoms with Crippen LogP contribution in [0.2, 0.25) is 0 Å². The Balaban J connectivity index is 1.74. The van der Waals surface area contributed by atoms with Crippen molar-refractivity contribution >= 4 is 33.0 Å². The van der Waals surface area contributed by atoms with Crippen LogP contribution in [0.4, 0.5) is 25.8 Å². The summed E-state index contributed by atoms with van der Waals surface area (Å²) in [5.41, 5.74) is -0.553. The Morgan fingerprint density at radius 3 is 2.10 bits per heavy atom. The van der Waals surface area contributed by atoms with Gasteiger partial charge in [0.05, 0.1) is 9.82 Å². The summed E-state index contributed by atoms with van der Waals surface area (Å²) in [6, 6.07) is 12.5. The molecule has 0 aliphatic heterocycles. The molecule has 0 fully saturated rings. The number of hydrogen-bond acceptors (Lipinski definition) is 5. The Morgan fingerprint density at radius 2 is 1.50 bits per heavy atom. The standard InChI is InChI=1S/C19H13F2N3O5S/c20-13-3-5-14(6-4-13)23-30(28,29)16-8-1-12(2-9-16)19(25)22-15-7-10-17(21)18(11-15)24(26)27/h1-11,23H,(H,22,25). The number of carbonyl (C=O) groups excluding carboxylic acids is 1. The van der Waals surface area contributed by atoms with Crippen molar-refractivity contribution in [1.82, 2.24) is 0 Å². The van der Waals surface area contributed by atoms with Crippen LogP contribution in [0.15, 0.2) is 71.6 Å². The summed E-state index contributed by atoms with van der Waals surface area (Å²) in [5.74, 6) is -2.23. The first kappa shape index (κ1) is 20.9. The van der Waals surface area contributed by atoms with E-state index in [1.807, 2.05) is 0 Å². The number of hydrogen-bond donors (Lipinski definition) is 2. The zero-order chi connectivity index (χ0) is 21.9. The zero-order valence-corrected chi connectivity index (χ0v) is 15.8. The number of nitrogens with zero attached hydrogens (tertiary/aromatic N) is 1. The van der Waals surface area contributed by atoms with Crippen molar-refractivity contribution in [2.75, 3.05) is 10.0 Å². The molecule has 0 bridgehead atoms. The molecule has 0 atom stereocenters. The zero-order valence-electron chi connectivity index (χ0n) is 15.0. The monoisotopic (exact) mass is 433 g/mol. The van der Waals surface area contributed by atoms with Gasteiger partial charge in [-0.3, -0.25) is 19.6 Å². The van der Waals surface area contributed by atoms with Crippen LogP contribution in [0.5, 0.6) is 0 Å². The number of benzene rings is 3. The molecule has 0 aromatic heterocycles. The maximum absolute atomic E-state index is 13.4. The molecule has 8 nitrogen and oxygen atoms in total. The summed E-state index contributed by atoms with van der Waals surface area (Å²) in [6.45, 7) is 0. The van der Waals surface area contributed by atoms with Crippen LogP contribution >= 0.6 is 0 Å². The number of nitrogens with one attached hydrogen (secondary N) is 2. The van der Waals surface area contributed by atoms with Gasteiger partial charge in [-0.05, 0) is 60.7 Å². The summed E-state index contributed by atoms with van der Waals surface area (Å²) < 4.78 is 53.4. The molecule has 1 amide bonds. The molecule has 0 unspecified atom stereocenters. The maximum atomic E-state index is 13.4. The molecule has 3 aromatic rings. The molecule has 0 saturated heterocycles. The molecule has 11 heteroatoms. The summed E-state index contributed by atoms with van der Waals surface area (Å²) in [4.78, 5) is 22.0. The summed E-state index contributed by atoms with van der Waals surface area (Å²) in [6.07, 6.45) is 0. The van der Waals surface area contributed by atoms with E-state index in [2.05, 4.69) is 10.0 Å². The molecule has 0 radical (unpaired) electrons.